The third-order valence-corrected chi connectivity index (χ3v) is 3.95. The molecule has 0 bridgehead atoms. The van der Waals surface area contributed by atoms with Crippen molar-refractivity contribution >= 4 is 17.2 Å². The molecule has 0 saturated carbocycles. The first-order chi connectivity index (χ1) is 9.99. The summed E-state index contributed by atoms with van der Waals surface area (Å²) in [6.07, 6.45) is 3.74. The summed E-state index contributed by atoms with van der Waals surface area (Å²) in [4.78, 5) is 2.90. The van der Waals surface area contributed by atoms with Crippen LogP contribution in [-0.2, 0) is 6.54 Å². The molecule has 4 heteroatoms. The Labute approximate surface area is 134 Å². The molecule has 0 spiro atoms. The number of nitrogens with zero attached hydrogens (tertiary/aromatic N) is 1. The molecular weight excluding hydrogens is 280 g/mol. The van der Waals surface area contributed by atoms with E-state index < -0.39 is 0 Å². The van der Waals surface area contributed by atoms with Crippen LogP contribution in [0.5, 0.6) is 5.75 Å². The quantitative estimate of drug-likeness (QED) is 0.557. The van der Waals surface area contributed by atoms with Crippen molar-refractivity contribution in [3.8, 4) is 5.75 Å². The monoisotopic (exact) mass is 308 g/mol. The Morgan fingerprint density at radius 2 is 2.05 bits per heavy atom. The lowest BCUT2D eigenvalue weighted by Gasteiger charge is -2.27. The van der Waals surface area contributed by atoms with Gasteiger partial charge in [-0.25, -0.2) is 0 Å². The third kappa shape index (κ3) is 5.64. The number of thiocarbonyl (C=S) groups is 1. The molecule has 0 aliphatic carbocycles. The number of unbranched alkanes of at least 4 members (excludes halogenated alkanes) is 2. The summed E-state index contributed by atoms with van der Waals surface area (Å²) in [5.74, 6) is 0.899. The van der Waals surface area contributed by atoms with E-state index in [0.717, 1.165) is 30.0 Å². The van der Waals surface area contributed by atoms with E-state index in [1.807, 2.05) is 12.1 Å². The van der Waals surface area contributed by atoms with Crippen molar-refractivity contribution in [1.29, 1.82) is 0 Å². The zero-order valence-corrected chi connectivity index (χ0v) is 14.5. The molecule has 3 nitrogen and oxygen atoms in total. The average Bonchev–Trinajstić information content (AvgIpc) is 2.45. The van der Waals surface area contributed by atoms with Gasteiger partial charge >= 0.3 is 0 Å². The van der Waals surface area contributed by atoms with Crippen molar-refractivity contribution in [2.24, 2.45) is 5.73 Å². The molecule has 0 heterocycles. The maximum Gasteiger partial charge on any atom is 0.123 e. The molecule has 0 aliphatic heterocycles. The fraction of sp³-hybridized carbons (Fsp3) is 0.588. The normalized spacial score (nSPS) is 11.1. The van der Waals surface area contributed by atoms with E-state index in [4.69, 9.17) is 22.7 Å². The minimum Gasteiger partial charge on any atom is -0.496 e. The van der Waals surface area contributed by atoms with Gasteiger partial charge in [-0.15, -0.1) is 0 Å². The Balaban J connectivity index is 2.90. The fourth-order valence-electron chi connectivity index (χ4n) is 2.36. The molecular formula is C17H28N2OS. The minimum absolute atomic E-state index is 0.431. The smallest absolute Gasteiger partial charge is 0.123 e. The van der Waals surface area contributed by atoms with Gasteiger partial charge in [-0.3, -0.25) is 4.90 Å². The van der Waals surface area contributed by atoms with Gasteiger partial charge in [0.05, 0.1) is 7.11 Å². The van der Waals surface area contributed by atoms with Gasteiger partial charge in [0.25, 0.3) is 0 Å². The number of rotatable bonds is 9. The standard InChI is InChI=1S/C17H28N2OS/c1-5-6-7-10-19(13(2)3)12-15-11-14(17(18)21)8-9-16(15)20-4/h8-9,11,13H,5-7,10,12H2,1-4H3,(H2,18,21). The third-order valence-electron chi connectivity index (χ3n) is 3.72. The summed E-state index contributed by atoms with van der Waals surface area (Å²) in [7, 11) is 1.70. The maximum atomic E-state index is 5.74. The highest BCUT2D eigenvalue weighted by molar-refractivity contribution is 7.80. The zero-order chi connectivity index (χ0) is 15.8. The highest BCUT2D eigenvalue weighted by Crippen LogP contribution is 2.23. The van der Waals surface area contributed by atoms with Crippen LogP contribution in [0.4, 0.5) is 0 Å². The van der Waals surface area contributed by atoms with Crippen LogP contribution < -0.4 is 10.5 Å². The SMILES string of the molecule is CCCCCN(Cc1cc(C(N)=S)ccc1OC)C(C)C. The number of nitrogens with two attached hydrogens (primary N) is 1. The fourth-order valence-corrected chi connectivity index (χ4v) is 2.49. The van der Waals surface area contributed by atoms with Crippen LogP contribution in [0.1, 0.15) is 51.2 Å². The number of hydrogen-bond acceptors (Lipinski definition) is 3. The van der Waals surface area contributed by atoms with Gasteiger partial charge in [0.2, 0.25) is 0 Å². The Hall–Kier alpha value is -1.13. The Morgan fingerprint density at radius 1 is 1.33 bits per heavy atom. The van der Waals surface area contributed by atoms with E-state index in [1.165, 1.54) is 19.3 Å². The Kier molecular flexibility index (Phi) is 7.68. The molecule has 118 valence electrons. The minimum atomic E-state index is 0.431. The molecule has 0 atom stereocenters. The van der Waals surface area contributed by atoms with Crippen LogP contribution in [-0.4, -0.2) is 29.6 Å². The zero-order valence-electron chi connectivity index (χ0n) is 13.7. The number of methoxy groups -OCH3 is 1. The van der Waals surface area contributed by atoms with Crippen molar-refractivity contribution in [2.75, 3.05) is 13.7 Å². The summed E-state index contributed by atoms with van der Waals surface area (Å²) in [5, 5.41) is 0. The van der Waals surface area contributed by atoms with Crippen molar-refractivity contribution in [2.45, 2.75) is 52.6 Å². The van der Waals surface area contributed by atoms with Crippen LogP contribution in [0.25, 0.3) is 0 Å². The molecule has 1 aromatic rings. The largest absolute Gasteiger partial charge is 0.496 e. The highest BCUT2D eigenvalue weighted by atomic mass is 32.1. The predicted octanol–water partition coefficient (Wildman–Crippen LogP) is 3.73. The second-order valence-corrected chi connectivity index (χ2v) is 6.10. The lowest BCUT2D eigenvalue weighted by Crippen LogP contribution is -2.31. The lowest BCUT2D eigenvalue weighted by atomic mass is 10.1. The Morgan fingerprint density at radius 3 is 2.57 bits per heavy atom. The van der Waals surface area contributed by atoms with E-state index in [1.54, 1.807) is 7.11 Å². The van der Waals surface area contributed by atoms with Crippen molar-refractivity contribution in [3.63, 3.8) is 0 Å². The first-order valence-corrected chi connectivity index (χ1v) is 8.11. The van der Waals surface area contributed by atoms with Gasteiger partial charge in [0.1, 0.15) is 10.7 Å². The summed E-state index contributed by atoms with van der Waals surface area (Å²) in [6, 6.07) is 6.42. The lowest BCUT2D eigenvalue weighted by molar-refractivity contribution is 0.206. The summed E-state index contributed by atoms with van der Waals surface area (Å²) in [5.41, 5.74) is 7.79. The molecule has 0 radical (unpaired) electrons. The Bertz CT molecular complexity index is 460. The van der Waals surface area contributed by atoms with Crippen LogP contribution in [0.3, 0.4) is 0 Å². The van der Waals surface area contributed by atoms with Crippen molar-refractivity contribution in [3.05, 3.63) is 29.3 Å². The molecule has 1 rings (SSSR count). The molecule has 0 amide bonds. The van der Waals surface area contributed by atoms with Gasteiger partial charge in [-0.2, -0.15) is 0 Å². The summed E-state index contributed by atoms with van der Waals surface area (Å²) in [6.45, 7) is 8.66. The van der Waals surface area contributed by atoms with Crippen LogP contribution in [0, 0.1) is 0 Å². The average molecular weight is 308 g/mol. The van der Waals surface area contributed by atoms with Crippen LogP contribution in [0.15, 0.2) is 18.2 Å². The number of hydrogen-bond donors (Lipinski definition) is 1. The first kappa shape index (κ1) is 17.9. The van der Waals surface area contributed by atoms with Gasteiger partial charge < -0.3 is 10.5 Å². The second kappa shape index (κ2) is 9.00. The number of benzene rings is 1. The van der Waals surface area contributed by atoms with Crippen LogP contribution >= 0.6 is 12.2 Å². The number of ether oxygens (including phenoxy) is 1. The molecule has 0 aromatic heterocycles. The van der Waals surface area contributed by atoms with Gasteiger partial charge in [0.15, 0.2) is 0 Å². The highest BCUT2D eigenvalue weighted by Gasteiger charge is 2.14. The molecule has 21 heavy (non-hydrogen) atoms. The maximum absolute atomic E-state index is 5.74. The van der Waals surface area contributed by atoms with Crippen LogP contribution in [0.2, 0.25) is 0 Å². The second-order valence-electron chi connectivity index (χ2n) is 5.66. The summed E-state index contributed by atoms with van der Waals surface area (Å²) >= 11 is 5.08. The van der Waals surface area contributed by atoms with Gasteiger partial charge in [-0.1, -0.05) is 32.0 Å². The van der Waals surface area contributed by atoms with Gasteiger partial charge in [0, 0.05) is 23.7 Å². The van der Waals surface area contributed by atoms with E-state index in [9.17, 15) is 0 Å². The van der Waals surface area contributed by atoms with E-state index >= 15 is 0 Å². The van der Waals surface area contributed by atoms with Gasteiger partial charge in [-0.05, 0) is 45.0 Å². The van der Waals surface area contributed by atoms with Crippen molar-refractivity contribution < 1.29 is 4.74 Å². The van der Waals surface area contributed by atoms with Crippen molar-refractivity contribution in [1.82, 2.24) is 4.90 Å². The predicted molar refractivity (Wildman–Crippen MR) is 94.0 cm³/mol. The molecule has 2 N–H and O–H groups in total. The first-order valence-electron chi connectivity index (χ1n) is 7.70. The molecule has 0 fully saturated rings. The topological polar surface area (TPSA) is 38.5 Å². The molecule has 1 aromatic carbocycles. The molecule has 0 saturated heterocycles. The molecule has 0 unspecified atom stereocenters. The van der Waals surface area contributed by atoms with E-state index in [-0.39, 0.29) is 0 Å². The van der Waals surface area contributed by atoms with E-state index in [0.29, 0.717) is 11.0 Å². The molecule has 0 aliphatic rings. The summed E-state index contributed by atoms with van der Waals surface area (Å²) < 4.78 is 5.48. The van der Waals surface area contributed by atoms with E-state index in [2.05, 4.69) is 31.7 Å².